The van der Waals surface area contributed by atoms with E-state index >= 15 is 0 Å². The third kappa shape index (κ3) is 6.15. The minimum Gasteiger partial charge on any atom is -0.490 e. The summed E-state index contributed by atoms with van der Waals surface area (Å²) in [5.74, 6) is 2.19. The fraction of sp³-hybridized carbons (Fsp3) is 0.258. The summed E-state index contributed by atoms with van der Waals surface area (Å²) < 4.78 is 19.7. The van der Waals surface area contributed by atoms with Gasteiger partial charge in [0.1, 0.15) is 19.3 Å². The molecule has 0 aliphatic carbocycles. The highest BCUT2D eigenvalue weighted by Crippen LogP contribution is 2.40. The lowest BCUT2D eigenvalue weighted by Crippen LogP contribution is -2.29. The standard InChI is InChI=1S/C31H32N4O4S/c1-4-37-26-18-24(16-17-25(26)38-19-22-12-8-6-9-13-22)28-27(29(36)39-20-23-14-10-7-11-15-23)21(3)32-30-33-31(40-5-2)34-35(28)30/h6-18,28H,4-5,19-20H2,1-3H3,(H,32,33,34). The quantitative estimate of drug-likeness (QED) is 0.168. The Morgan fingerprint density at radius 1 is 0.925 bits per heavy atom. The van der Waals surface area contributed by atoms with Crippen LogP contribution >= 0.6 is 11.8 Å². The van der Waals surface area contributed by atoms with Gasteiger partial charge in [0, 0.05) is 5.70 Å². The first-order valence-corrected chi connectivity index (χ1v) is 14.3. The van der Waals surface area contributed by atoms with E-state index in [2.05, 4.69) is 10.3 Å². The molecule has 9 heteroatoms. The van der Waals surface area contributed by atoms with Crippen molar-refractivity contribution in [1.82, 2.24) is 14.8 Å². The fourth-order valence-corrected chi connectivity index (χ4v) is 5.07. The number of anilines is 1. The molecule has 2 heterocycles. The van der Waals surface area contributed by atoms with Crippen molar-refractivity contribution in [3.8, 4) is 11.5 Å². The van der Waals surface area contributed by atoms with E-state index < -0.39 is 12.0 Å². The molecule has 206 valence electrons. The molecule has 1 unspecified atom stereocenters. The van der Waals surface area contributed by atoms with E-state index in [1.54, 1.807) is 16.4 Å². The minimum absolute atomic E-state index is 0.167. The van der Waals surface area contributed by atoms with Gasteiger partial charge in [-0.15, -0.1) is 5.10 Å². The van der Waals surface area contributed by atoms with Crippen LogP contribution in [-0.2, 0) is 22.7 Å². The summed E-state index contributed by atoms with van der Waals surface area (Å²) in [6, 6.07) is 24.8. The minimum atomic E-state index is -0.569. The number of thioether (sulfide) groups is 1. The molecular weight excluding hydrogens is 524 g/mol. The van der Waals surface area contributed by atoms with E-state index in [1.165, 1.54) is 0 Å². The van der Waals surface area contributed by atoms with Crippen LogP contribution in [-0.4, -0.2) is 33.1 Å². The van der Waals surface area contributed by atoms with Crippen molar-refractivity contribution in [2.45, 2.75) is 45.2 Å². The third-order valence-electron chi connectivity index (χ3n) is 6.36. The van der Waals surface area contributed by atoms with Crippen molar-refractivity contribution in [3.63, 3.8) is 0 Å². The summed E-state index contributed by atoms with van der Waals surface area (Å²) in [6.45, 7) is 6.88. The van der Waals surface area contributed by atoms with Gasteiger partial charge in [0.15, 0.2) is 11.5 Å². The van der Waals surface area contributed by atoms with Gasteiger partial charge in [0.2, 0.25) is 11.1 Å². The maximum Gasteiger partial charge on any atom is 0.338 e. The summed E-state index contributed by atoms with van der Waals surface area (Å²) >= 11 is 1.54. The largest absolute Gasteiger partial charge is 0.490 e. The maximum atomic E-state index is 13.6. The number of esters is 1. The Balaban J connectivity index is 1.50. The van der Waals surface area contributed by atoms with E-state index in [0.717, 1.165) is 22.4 Å². The Morgan fingerprint density at radius 2 is 1.62 bits per heavy atom. The lowest BCUT2D eigenvalue weighted by atomic mass is 9.95. The van der Waals surface area contributed by atoms with Gasteiger partial charge < -0.3 is 19.5 Å². The molecule has 0 bridgehead atoms. The number of ether oxygens (including phenoxy) is 3. The molecule has 0 spiro atoms. The van der Waals surface area contributed by atoms with Gasteiger partial charge in [0.25, 0.3) is 0 Å². The lowest BCUT2D eigenvalue weighted by molar-refractivity contribution is -0.140. The normalized spacial score (nSPS) is 14.3. The zero-order chi connectivity index (χ0) is 27.9. The number of benzene rings is 3. The van der Waals surface area contributed by atoms with Crippen LogP contribution in [0.3, 0.4) is 0 Å². The predicted molar refractivity (Wildman–Crippen MR) is 156 cm³/mol. The van der Waals surface area contributed by atoms with E-state index in [4.69, 9.17) is 19.3 Å². The van der Waals surface area contributed by atoms with Gasteiger partial charge in [-0.25, -0.2) is 9.48 Å². The summed E-state index contributed by atoms with van der Waals surface area (Å²) in [4.78, 5) is 18.3. The second-order valence-electron chi connectivity index (χ2n) is 9.14. The second-order valence-corrected chi connectivity index (χ2v) is 10.4. The Kier molecular flexibility index (Phi) is 8.71. The Hall–Kier alpha value is -4.24. The van der Waals surface area contributed by atoms with Crippen molar-refractivity contribution >= 4 is 23.7 Å². The number of aromatic nitrogens is 3. The van der Waals surface area contributed by atoms with Gasteiger partial charge in [-0.1, -0.05) is 85.4 Å². The molecule has 0 saturated carbocycles. The third-order valence-corrected chi connectivity index (χ3v) is 7.08. The molecule has 0 saturated heterocycles. The first-order valence-electron chi connectivity index (χ1n) is 13.3. The van der Waals surface area contributed by atoms with Crippen LogP contribution in [0, 0.1) is 0 Å². The van der Waals surface area contributed by atoms with Gasteiger partial charge in [-0.05, 0) is 48.4 Å². The monoisotopic (exact) mass is 556 g/mol. The molecule has 0 amide bonds. The van der Waals surface area contributed by atoms with Gasteiger partial charge in [-0.2, -0.15) is 4.98 Å². The highest BCUT2D eigenvalue weighted by Gasteiger charge is 2.36. The smallest absolute Gasteiger partial charge is 0.338 e. The molecule has 0 radical (unpaired) electrons. The van der Waals surface area contributed by atoms with Crippen LogP contribution in [0.4, 0.5) is 5.95 Å². The summed E-state index contributed by atoms with van der Waals surface area (Å²) in [7, 11) is 0. The molecule has 4 aromatic rings. The number of hydrogen-bond acceptors (Lipinski definition) is 8. The number of rotatable bonds is 11. The number of allylic oxidation sites excluding steroid dienone is 1. The molecule has 0 fully saturated rings. The van der Waals surface area contributed by atoms with Gasteiger partial charge in [-0.3, -0.25) is 0 Å². The predicted octanol–water partition coefficient (Wildman–Crippen LogP) is 6.40. The van der Waals surface area contributed by atoms with Crippen LogP contribution in [0.5, 0.6) is 11.5 Å². The van der Waals surface area contributed by atoms with Gasteiger partial charge >= 0.3 is 5.97 Å². The van der Waals surface area contributed by atoms with Crippen molar-refractivity contribution in [2.24, 2.45) is 0 Å². The molecular formula is C31H32N4O4S. The van der Waals surface area contributed by atoms with Crippen LogP contribution in [0.1, 0.15) is 43.5 Å². The van der Waals surface area contributed by atoms with Crippen molar-refractivity contribution in [3.05, 3.63) is 107 Å². The molecule has 1 aliphatic rings. The summed E-state index contributed by atoms with van der Waals surface area (Å²) in [5, 5.41) is 8.64. The topological polar surface area (TPSA) is 87.5 Å². The van der Waals surface area contributed by atoms with E-state index in [-0.39, 0.29) is 6.61 Å². The molecule has 40 heavy (non-hydrogen) atoms. The lowest BCUT2D eigenvalue weighted by Gasteiger charge is -2.28. The summed E-state index contributed by atoms with van der Waals surface area (Å²) in [6.07, 6.45) is 0. The summed E-state index contributed by atoms with van der Waals surface area (Å²) in [5.41, 5.74) is 3.90. The number of fused-ring (bicyclic) bond motifs is 1. The SMILES string of the molecule is CCOc1cc(C2C(C(=O)OCc3ccccc3)=C(C)Nc3nc(SCC)nn32)ccc1OCc1ccccc1. The van der Waals surface area contributed by atoms with Crippen LogP contribution < -0.4 is 14.8 Å². The highest BCUT2D eigenvalue weighted by atomic mass is 32.2. The van der Waals surface area contributed by atoms with E-state index in [9.17, 15) is 4.79 Å². The molecule has 5 rings (SSSR count). The first-order chi connectivity index (χ1) is 19.6. The number of carbonyl (C=O) groups excluding carboxylic acids is 1. The number of hydrogen-bond donors (Lipinski definition) is 1. The Labute approximate surface area is 238 Å². The fourth-order valence-electron chi connectivity index (χ4n) is 4.51. The Morgan fingerprint density at radius 3 is 2.30 bits per heavy atom. The first kappa shape index (κ1) is 27.3. The molecule has 3 aromatic carbocycles. The number of nitrogens with zero attached hydrogens (tertiary/aromatic N) is 3. The van der Waals surface area contributed by atoms with E-state index in [0.29, 0.717) is 47.1 Å². The van der Waals surface area contributed by atoms with Crippen LogP contribution in [0.15, 0.2) is 95.3 Å². The molecule has 1 atom stereocenters. The average molecular weight is 557 g/mol. The molecule has 1 aliphatic heterocycles. The average Bonchev–Trinajstić information content (AvgIpc) is 3.37. The van der Waals surface area contributed by atoms with Crippen molar-refractivity contribution in [2.75, 3.05) is 17.7 Å². The van der Waals surface area contributed by atoms with Crippen LogP contribution in [0.2, 0.25) is 0 Å². The second kappa shape index (κ2) is 12.7. The number of carbonyl (C=O) groups is 1. The number of nitrogens with one attached hydrogen (secondary N) is 1. The molecule has 1 N–H and O–H groups in total. The van der Waals surface area contributed by atoms with Gasteiger partial charge in [0.05, 0.1) is 12.2 Å². The zero-order valence-electron chi connectivity index (χ0n) is 22.8. The molecule has 1 aromatic heterocycles. The van der Waals surface area contributed by atoms with Crippen LogP contribution in [0.25, 0.3) is 0 Å². The molecule has 8 nitrogen and oxygen atoms in total. The van der Waals surface area contributed by atoms with Crippen molar-refractivity contribution in [1.29, 1.82) is 0 Å². The Bertz CT molecular complexity index is 1490. The zero-order valence-corrected chi connectivity index (χ0v) is 23.6. The van der Waals surface area contributed by atoms with E-state index in [1.807, 2.05) is 99.6 Å². The maximum absolute atomic E-state index is 13.6. The highest BCUT2D eigenvalue weighted by molar-refractivity contribution is 7.99. The van der Waals surface area contributed by atoms with Crippen molar-refractivity contribution < 1.29 is 19.0 Å².